The third-order valence-electron chi connectivity index (χ3n) is 2.06. The summed E-state index contributed by atoms with van der Waals surface area (Å²) in [4.78, 5) is 22.3. The Morgan fingerprint density at radius 3 is 1.47 bits per heavy atom. The summed E-state index contributed by atoms with van der Waals surface area (Å²) >= 11 is 0. The average molecular weight is 270 g/mol. The summed E-state index contributed by atoms with van der Waals surface area (Å²) in [5.74, 6) is -0.895. The topological polar surface area (TPSA) is 61.8 Å². The van der Waals surface area contributed by atoms with E-state index in [1.54, 1.807) is 27.7 Å². The lowest BCUT2D eigenvalue weighted by Crippen LogP contribution is -2.27. The van der Waals surface area contributed by atoms with Gasteiger partial charge >= 0.3 is 11.9 Å². The van der Waals surface area contributed by atoms with Crippen LogP contribution < -0.4 is 0 Å². The van der Waals surface area contributed by atoms with Crippen LogP contribution >= 0.6 is 0 Å². The van der Waals surface area contributed by atoms with Gasteiger partial charge < -0.3 is 14.2 Å². The summed E-state index contributed by atoms with van der Waals surface area (Å²) in [7, 11) is 0. The van der Waals surface area contributed by atoms with E-state index in [9.17, 15) is 9.59 Å². The van der Waals surface area contributed by atoms with E-state index >= 15 is 0 Å². The molecule has 0 aliphatic heterocycles. The molecule has 19 heavy (non-hydrogen) atoms. The number of hydrogen-bond donors (Lipinski definition) is 0. The van der Waals surface area contributed by atoms with Gasteiger partial charge in [0.1, 0.15) is 13.2 Å². The summed E-state index contributed by atoms with van der Waals surface area (Å²) in [6, 6.07) is 0. The number of esters is 2. The predicted molar refractivity (Wildman–Crippen MR) is 71.6 cm³/mol. The van der Waals surface area contributed by atoms with E-state index in [0.29, 0.717) is 11.1 Å². The van der Waals surface area contributed by atoms with Crippen molar-refractivity contribution in [3.8, 4) is 0 Å². The normalized spacial score (nSPS) is 13.3. The molecular weight excluding hydrogens is 248 g/mol. The van der Waals surface area contributed by atoms with E-state index in [4.69, 9.17) is 14.2 Å². The first-order valence-corrected chi connectivity index (χ1v) is 6.04. The van der Waals surface area contributed by atoms with Crippen LogP contribution in [0.15, 0.2) is 24.3 Å². The molecule has 0 aromatic rings. The number of hydrogen-bond acceptors (Lipinski definition) is 5. The van der Waals surface area contributed by atoms with Crippen molar-refractivity contribution in [2.75, 3.05) is 13.2 Å². The Hall–Kier alpha value is -1.62. The van der Waals surface area contributed by atoms with E-state index in [-0.39, 0.29) is 25.4 Å². The minimum atomic E-state index is -0.447. The van der Waals surface area contributed by atoms with Gasteiger partial charge in [-0.05, 0) is 27.7 Å². The highest BCUT2D eigenvalue weighted by Gasteiger charge is 2.13. The fourth-order valence-corrected chi connectivity index (χ4v) is 1.11. The Morgan fingerprint density at radius 2 is 1.21 bits per heavy atom. The van der Waals surface area contributed by atoms with Crippen molar-refractivity contribution in [2.45, 2.75) is 39.9 Å². The molecule has 2 atom stereocenters. The molecule has 5 heteroatoms. The van der Waals surface area contributed by atoms with Gasteiger partial charge in [-0.1, -0.05) is 13.2 Å². The quantitative estimate of drug-likeness (QED) is 0.499. The zero-order valence-electron chi connectivity index (χ0n) is 12.0. The first kappa shape index (κ1) is 17.4. The van der Waals surface area contributed by atoms with Crippen LogP contribution in [0.4, 0.5) is 0 Å². The SMILES string of the molecule is C=C(C)C(=O)OCC(C)OC(C)COC(=O)C(=C)C. The van der Waals surface area contributed by atoms with Crippen molar-refractivity contribution in [3.05, 3.63) is 24.3 Å². The highest BCUT2D eigenvalue weighted by molar-refractivity contribution is 5.87. The van der Waals surface area contributed by atoms with Crippen LogP contribution in [0, 0.1) is 0 Å². The Balaban J connectivity index is 3.89. The number of rotatable bonds is 8. The van der Waals surface area contributed by atoms with Crippen molar-refractivity contribution in [3.63, 3.8) is 0 Å². The second-order valence-electron chi connectivity index (χ2n) is 4.51. The van der Waals surface area contributed by atoms with E-state index in [2.05, 4.69) is 13.2 Å². The van der Waals surface area contributed by atoms with Gasteiger partial charge in [0.2, 0.25) is 0 Å². The first-order chi connectivity index (χ1) is 8.73. The smallest absolute Gasteiger partial charge is 0.333 e. The summed E-state index contributed by atoms with van der Waals surface area (Å²) in [6.07, 6.45) is -0.580. The molecule has 0 bridgehead atoms. The van der Waals surface area contributed by atoms with Crippen molar-refractivity contribution < 1.29 is 23.8 Å². The molecule has 5 nitrogen and oxygen atoms in total. The summed E-state index contributed by atoms with van der Waals surface area (Å²) in [5.41, 5.74) is 0.686. The maximum Gasteiger partial charge on any atom is 0.333 e. The lowest BCUT2D eigenvalue weighted by molar-refractivity contribution is -0.148. The zero-order chi connectivity index (χ0) is 15.0. The largest absolute Gasteiger partial charge is 0.460 e. The number of ether oxygens (including phenoxy) is 3. The Bertz CT molecular complexity index is 325. The van der Waals surface area contributed by atoms with Gasteiger partial charge in [-0.2, -0.15) is 0 Å². The highest BCUT2D eigenvalue weighted by Crippen LogP contribution is 2.03. The van der Waals surface area contributed by atoms with Gasteiger partial charge in [0.15, 0.2) is 0 Å². The van der Waals surface area contributed by atoms with Crippen LogP contribution in [0.1, 0.15) is 27.7 Å². The van der Waals surface area contributed by atoms with Crippen molar-refractivity contribution in [1.29, 1.82) is 0 Å². The van der Waals surface area contributed by atoms with E-state index in [1.807, 2.05) is 0 Å². The van der Waals surface area contributed by atoms with Gasteiger partial charge in [-0.3, -0.25) is 0 Å². The molecule has 0 radical (unpaired) electrons. The molecule has 0 aromatic heterocycles. The molecule has 0 aliphatic rings. The maximum absolute atomic E-state index is 11.2. The van der Waals surface area contributed by atoms with Gasteiger partial charge in [-0.25, -0.2) is 9.59 Å². The lowest BCUT2D eigenvalue weighted by Gasteiger charge is -2.19. The molecule has 0 saturated heterocycles. The fourth-order valence-electron chi connectivity index (χ4n) is 1.11. The molecule has 2 unspecified atom stereocenters. The molecule has 108 valence electrons. The maximum atomic E-state index is 11.2. The van der Waals surface area contributed by atoms with Crippen LogP contribution in [0.5, 0.6) is 0 Å². The summed E-state index contributed by atoms with van der Waals surface area (Å²) < 4.78 is 15.4. The summed E-state index contributed by atoms with van der Waals surface area (Å²) in [5, 5.41) is 0. The predicted octanol–water partition coefficient (Wildman–Crippen LogP) is 2.02. The third kappa shape index (κ3) is 8.15. The van der Waals surface area contributed by atoms with Gasteiger partial charge in [0, 0.05) is 11.1 Å². The number of carbonyl (C=O) groups excluding carboxylic acids is 2. The summed E-state index contributed by atoms with van der Waals surface area (Å²) in [6.45, 7) is 13.9. The second kappa shape index (κ2) is 8.48. The van der Waals surface area contributed by atoms with Gasteiger partial charge in [0.25, 0.3) is 0 Å². The zero-order valence-corrected chi connectivity index (χ0v) is 12.0. The van der Waals surface area contributed by atoms with Crippen molar-refractivity contribution in [2.24, 2.45) is 0 Å². The van der Waals surface area contributed by atoms with Crippen LogP contribution in [0.3, 0.4) is 0 Å². The molecule has 0 amide bonds. The van der Waals surface area contributed by atoms with Crippen molar-refractivity contribution >= 4 is 11.9 Å². The van der Waals surface area contributed by atoms with Crippen LogP contribution in [-0.4, -0.2) is 37.4 Å². The highest BCUT2D eigenvalue weighted by atomic mass is 16.6. The minimum absolute atomic E-state index is 0.129. The molecule has 0 aliphatic carbocycles. The standard InChI is InChI=1S/C14H22O5/c1-9(2)13(15)17-7-11(5)19-12(6)8-18-14(16)10(3)4/h11-12H,1,3,7-8H2,2,4-6H3. The molecule has 0 spiro atoms. The Labute approximate surface area is 114 Å². The second-order valence-corrected chi connectivity index (χ2v) is 4.51. The Kier molecular flexibility index (Phi) is 7.75. The van der Waals surface area contributed by atoms with Crippen LogP contribution in [0.25, 0.3) is 0 Å². The average Bonchev–Trinajstić information content (AvgIpc) is 2.32. The molecule has 0 N–H and O–H groups in total. The van der Waals surface area contributed by atoms with Gasteiger partial charge in [0.05, 0.1) is 12.2 Å². The molecule has 0 aromatic carbocycles. The minimum Gasteiger partial charge on any atom is -0.460 e. The fraction of sp³-hybridized carbons (Fsp3) is 0.571. The monoisotopic (exact) mass is 270 g/mol. The molecular formula is C14H22O5. The third-order valence-corrected chi connectivity index (χ3v) is 2.06. The molecule has 0 saturated carbocycles. The van der Waals surface area contributed by atoms with E-state index in [0.717, 1.165) is 0 Å². The Morgan fingerprint density at radius 1 is 0.895 bits per heavy atom. The van der Waals surface area contributed by atoms with E-state index in [1.165, 1.54) is 0 Å². The molecule has 0 fully saturated rings. The van der Waals surface area contributed by atoms with Gasteiger partial charge in [-0.15, -0.1) is 0 Å². The molecule has 0 heterocycles. The van der Waals surface area contributed by atoms with E-state index < -0.39 is 11.9 Å². The van der Waals surface area contributed by atoms with Crippen LogP contribution in [0.2, 0.25) is 0 Å². The first-order valence-electron chi connectivity index (χ1n) is 6.04. The van der Waals surface area contributed by atoms with Crippen LogP contribution in [-0.2, 0) is 23.8 Å². The molecule has 0 rings (SSSR count). The van der Waals surface area contributed by atoms with Crippen molar-refractivity contribution in [1.82, 2.24) is 0 Å². The lowest BCUT2D eigenvalue weighted by atomic mass is 10.3. The number of carbonyl (C=O) groups is 2.